The molecule has 5 amide bonds. The van der Waals surface area contributed by atoms with Crippen molar-refractivity contribution in [3.63, 3.8) is 0 Å². The van der Waals surface area contributed by atoms with E-state index in [0.29, 0.717) is 30.7 Å². The largest absolute Gasteiger partial charge is 0.497 e. The lowest BCUT2D eigenvalue weighted by Gasteiger charge is -2.41. The number of nitrogens with zero attached hydrogens (tertiary/aromatic N) is 3. The smallest absolute Gasteiger partial charge is 0.339 e. The van der Waals surface area contributed by atoms with E-state index in [-0.39, 0.29) is 11.6 Å². The van der Waals surface area contributed by atoms with E-state index >= 15 is 0 Å². The first-order valence-corrected chi connectivity index (χ1v) is 10.1. The average Bonchev–Trinajstić information content (AvgIpc) is 2.96. The topological polar surface area (TPSA) is 87.2 Å². The third-order valence-electron chi connectivity index (χ3n) is 6.32. The van der Waals surface area contributed by atoms with Gasteiger partial charge >= 0.3 is 17.8 Å². The average molecular weight is 399 g/mol. The number of rotatable bonds is 4. The Morgan fingerprint density at radius 2 is 1.69 bits per heavy atom. The molecule has 1 aromatic carbocycles. The summed E-state index contributed by atoms with van der Waals surface area (Å²) in [6.45, 7) is 0.926. The molecule has 1 aromatic rings. The van der Waals surface area contributed by atoms with E-state index in [1.807, 2.05) is 0 Å². The van der Waals surface area contributed by atoms with Crippen LogP contribution in [-0.2, 0) is 14.4 Å². The molecule has 0 aromatic heterocycles. The summed E-state index contributed by atoms with van der Waals surface area (Å²) in [5.41, 5.74) is 0.270. The Labute approximate surface area is 169 Å². The molecule has 2 saturated heterocycles. The molecule has 3 aliphatic rings. The fraction of sp³-hybridized carbons (Fsp3) is 0.524. The van der Waals surface area contributed by atoms with Gasteiger partial charge in [-0.15, -0.1) is 0 Å². The second-order valence-electron chi connectivity index (χ2n) is 7.95. The zero-order chi connectivity index (χ0) is 20.5. The molecule has 0 bridgehead atoms. The Hall–Kier alpha value is -2.90. The van der Waals surface area contributed by atoms with E-state index < -0.39 is 24.4 Å². The molecule has 0 radical (unpaired) electrons. The molecule has 154 valence electrons. The molecule has 8 heteroatoms. The number of ether oxygens (including phenoxy) is 1. The molecular weight excluding hydrogens is 374 g/mol. The number of anilines is 1. The van der Waals surface area contributed by atoms with Gasteiger partial charge in [0.05, 0.1) is 12.8 Å². The second kappa shape index (κ2) is 7.85. The number of likely N-dealkylation sites (tertiary alicyclic amines) is 1. The minimum Gasteiger partial charge on any atom is -0.497 e. The number of carbonyl (C=O) groups is 4. The van der Waals surface area contributed by atoms with Crippen LogP contribution in [0.15, 0.2) is 24.3 Å². The fourth-order valence-electron chi connectivity index (χ4n) is 4.67. The summed E-state index contributed by atoms with van der Waals surface area (Å²) >= 11 is 0. The van der Waals surface area contributed by atoms with Crippen molar-refractivity contribution in [2.24, 2.45) is 11.8 Å². The Bertz CT molecular complexity index is 837. The minimum atomic E-state index is -0.966. The third-order valence-corrected chi connectivity index (χ3v) is 6.32. The van der Waals surface area contributed by atoms with Gasteiger partial charge in [0, 0.05) is 13.1 Å². The molecule has 3 fully saturated rings. The van der Waals surface area contributed by atoms with Gasteiger partial charge in [-0.3, -0.25) is 14.4 Å². The van der Waals surface area contributed by atoms with Crippen molar-refractivity contribution in [1.29, 1.82) is 0 Å². The number of benzene rings is 1. The van der Waals surface area contributed by atoms with Crippen LogP contribution in [0.1, 0.15) is 32.1 Å². The number of urea groups is 1. The summed E-state index contributed by atoms with van der Waals surface area (Å²) in [7, 11) is 1.51. The van der Waals surface area contributed by atoms with Gasteiger partial charge in [0.2, 0.25) is 5.91 Å². The van der Waals surface area contributed by atoms with Gasteiger partial charge in [-0.25, -0.2) is 14.6 Å². The summed E-state index contributed by atoms with van der Waals surface area (Å²) in [4.78, 5) is 53.6. The molecule has 0 unspecified atom stereocenters. The van der Waals surface area contributed by atoms with Crippen molar-refractivity contribution >= 4 is 29.4 Å². The Morgan fingerprint density at radius 1 is 1.00 bits per heavy atom. The third kappa shape index (κ3) is 3.59. The molecule has 2 heterocycles. The highest BCUT2D eigenvalue weighted by Crippen LogP contribution is 2.36. The first-order chi connectivity index (χ1) is 14.0. The van der Waals surface area contributed by atoms with Crippen LogP contribution in [0.25, 0.3) is 0 Å². The SMILES string of the molecule is COc1ccc(N2C(=O)C(=O)N(CC(=O)N3CC[C@@H]4CCCC[C@@H]4C3)C2=O)cc1. The van der Waals surface area contributed by atoms with Crippen molar-refractivity contribution in [2.75, 3.05) is 31.6 Å². The summed E-state index contributed by atoms with van der Waals surface area (Å²) in [6.07, 6.45) is 5.77. The highest BCUT2D eigenvalue weighted by molar-refractivity contribution is 6.53. The number of methoxy groups -OCH3 is 1. The second-order valence-corrected chi connectivity index (χ2v) is 7.95. The number of carbonyl (C=O) groups excluding carboxylic acids is 4. The zero-order valence-electron chi connectivity index (χ0n) is 16.5. The number of piperidine rings is 1. The van der Waals surface area contributed by atoms with Crippen molar-refractivity contribution in [3.05, 3.63) is 24.3 Å². The highest BCUT2D eigenvalue weighted by atomic mass is 16.5. The Balaban J connectivity index is 1.44. The lowest BCUT2D eigenvalue weighted by Crippen LogP contribution is -2.49. The van der Waals surface area contributed by atoms with Crippen LogP contribution in [-0.4, -0.2) is 60.3 Å². The van der Waals surface area contributed by atoms with Gasteiger partial charge in [-0.05, 0) is 48.9 Å². The van der Waals surface area contributed by atoms with Crippen molar-refractivity contribution in [2.45, 2.75) is 32.1 Å². The van der Waals surface area contributed by atoms with Crippen LogP contribution < -0.4 is 9.64 Å². The molecule has 29 heavy (non-hydrogen) atoms. The minimum absolute atomic E-state index is 0.270. The molecule has 4 rings (SSSR count). The predicted molar refractivity (Wildman–Crippen MR) is 104 cm³/mol. The van der Waals surface area contributed by atoms with Gasteiger partial charge in [0.15, 0.2) is 0 Å². The van der Waals surface area contributed by atoms with E-state index in [4.69, 9.17) is 4.74 Å². The first kappa shape index (κ1) is 19.4. The quantitative estimate of drug-likeness (QED) is 0.571. The lowest BCUT2D eigenvalue weighted by molar-refractivity contribution is -0.143. The van der Waals surface area contributed by atoms with Gasteiger partial charge in [0.25, 0.3) is 0 Å². The highest BCUT2D eigenvalue weighted by Gasteiger charge is 2.47. The molecule has 0 N–H and O–H groups in total. The Morgan fingerprint density at radius 3 is 2.38 bits per heavy atom. The van der Waals surface area contributed by atoms with Gasteiger partial charge < -0.3 is 9.64 Å². The number of hydrogen-bond acceptors (Lipinski definition) is 5. The van der Waals surface area contributed by atoms with Crippen LogP contribution >= 0.6 is 0 Å². The summed E-state index contributed by atoms with van der Waals surface area (Å²) in [5.74, 6) is -0.443. The number of amides is 5. The van der Waals surface area contributed by atoms with Crippen molar-refractivity contribution in [1.82, 2.24) is 9.80 Å². The summed E-state index contributed by atoms with van der Waals surface area (Å²) in [5, 5.41) is 0. The maximum absolute atomic E-state index is 12.8. The fourth-order valence-corrected chi connectivity index (χ4v) is 4.67. The monoisotopic (exact) mass is 399 g/mol. The number of fused-ring (bicyclic) bond motifs is 1. The normalized spacial score (nSPS) is 24.7. The predicted octanol–water partition coefficient (Wildman–Crippen LogP) is 2.03. The summed E-state index contributed by atoms with van der Waals surface area (Å²) < 4.78 is 5.07. The van der Waals surface area contributed by atoms with Crippen LogP contribution in [0, 0.1) is 11.8 Å². The molecule has 2 aliphatic heterocycles. The number of hydrogen-bond donors (Lipinski definition) is 0. The van der Waals surface area contributed by atoms with Gasteiger partial charge in [-0.2, -0.15) is 0 Å². The molecular formula is C21H25N3O5. The molecule has 0 spiro atoms. The van der Waals surface area contributed by atoms with E-state index in [9.17, 15) is 19.2 Å². The molecule has 2 atom stereocenters. The van der Waals surface area contributed by atoms with Crippen molar-refractivity contribution in [3.8, 4) is 5.75 Å². The molecule has 1 saturated carbocycles. The van der Waals surface area contributed by atoms with Crippen molar-refractivity contribution < 1.29 is 23.9 Å². The zero-order valence-corrected chi connectivity index (χ0v) is 16.5. The standard InChI is InChI=1S/C21H25N3O5/c1-29-17-8-6-16(7-9-17)24-20(27)19(26)23(21(24)28)13-18(25)22-11-10-14-4-2-3-5-15(14)12-22/h6-9,14-15H,2-5,10-13H2,1H3/t14-,15+/m0/s1. The molecule has 8 nitrogen and oxygen atoms in total. The van der Waals surface area contributed by atoms with Crippen LogP contribution in [0.2, 0.25) is 0 Å². The van der Waals surface area contributed by atoms with E-state index in [0.717, 1.165) is 22.6 Å². The van der Waals surface area contributed by atoms with E-state index in [1.165, 1.54) is 38.5 Å². The molecule has 1 aliphatic carbocycles. The first-order valence-electron chi connectivity index (χ1n) is 10.1. The van der Waals surface area contributed by atoms with E-state index in [1.54, 1.807) is 17.0 Å². The van der Waals surface area contributed by atoms with Crippen LogP contribution in [0.5, 0.6) is 5.75 Å². The lowest BCUT2D eigenvalue weighted by atomic mass is 9.75. The van der Waals surface area contributed by atoms with Gasteiger partial charge in [0.1, 0.15) is 12.3 Å². The maximum Gasteiger partial charge on any atom is 0.339 e. The Kier molecular flexibility index (Phi) is 5.25. The van der Waals surface area contributed by atoms with Crippen LogP contribution in [0.3, 0.4) is 0 Å². The van der Waals surface area contributed by atoms with Crippen LogP contribution in [0.4, 0.5) is 10.5 Å². The maximum atomic E-state index is 12.8. The number of imide groups is 2. The summed E-state index contributed by atoms with van der Waals surface area (Å²) in [6, 6.07) is 5.47. The van der Waals surface area contributed by atoms with Gasteiger partial charge in [-0.1, -0.05) is 19.3 Å². The van der Waals surface area contributed by atoms with E-state index in [2.05, 4.69) is 0 Å².